The van der Waals surface area contributed by atoms with Crippen molar-refractivity contribution in [2.45, 2.75) is 70.8 Å². The molecule has 0 amide bonds. The number of ether oxygens (including phenoxy) is 2. The monoisotopic (exact) mass is 410 g/mol. The molecule has 3 rings (SSSR count). The number of hydrogen-bond donors (Lipinski definition) is 1. The van der Waals surface area contributed by atoms with E-state index in [-0.39, 0.29) is 5.41 Å². The normalized spacial score (nSPS) is 25.2. The molecule has 0 spiro atoms. The minimum absolute atomic E-state index is 0.0957. The molecule has 3 nitrogen and oxygen atoms in total. The van der Waals surface area contributed by atoms with Crippen molar-refractivity contribution in [3.8, 4) is 11.5 Å². The van der Waals surface area contributed by atoms with Gasteiger partial charge in [0.1, 0.15) is 18.1 Å². The Morgan fingerprint density at radius 3 is 2.23 bits per heavy atom. The molecule has 1 aliphatic rings. The molecule has 0 aliphatic heterocycles. The Labute approximate surface area is 182 Å². The number of aliphatic hydroxyl groups excluding tert-OH is 1. The zero-order valence-electron chi connectivity index (χ0n) is 19.2. The first-order chi connectivity index (χ1) is 14.4. The Hall–Kier alpha value is -2.00. The van der Waals surface area contributed by atoms with Gasteiger partial charge in [-0.05, 0) is 84.2 Å². The van der Waals surface area contributed by atoms with Gasteiger partial charge in [-0.1, -0.05) is 52.0 Å². The molecule has 0 saturated heterocycles. The molecule has 1 saturated carbocycles. The third-order valence-electron chi connectivity index (χ3n) is 7.23. The van der Waals surface area contributed by atoms with E-state index in [4.69, 9.17) is 9.47 Å². The van der Waals surface area contributed by atoms with Crippen molar-refractivity contribution in [1.82, 2.24) is 0 Å². The Morgan fingerprint density at radius 2 is 1.67 bits per heavy atom. The summed E-state index contributed by atoms with van der Waals surface area (Å²) in [7, 11) is 1.72. The SMILES string of the molecule is CCC(O)COc1ccc(C2CC(C(C)C)CCC2(C)c2ccc(OC)cc2)cc1. The molecule has 164 valence electrons. The second kappa shape index (κ2) is 9.87. The minimum Gasteiger partial charge on any atom is -0.497 e. The first kappa shape index (κ1) is 22.7. The fraction of sp³-hybridized carbons (Fsp3) is 0.556. The predicted octanol–water partition coefficient (Wildman–Crippen LogP) is 6.34. The van der Waals surface area contributed by atoms with Gasteiger partial charge in [0.15, 0.2) is 0 Å². The fourth-order valence-electron chi connectivity index (χ4n) is 4.87. The highest BCUT2D eigenvalue weighted by Crippen LogP contribution is 2.52. The first-order valence-electron chi connectivity index (χ1n) is 11.4. The lowest BCUT2D eigenvalue weighted by atomic mass is 9.58. The summed E-state index contributed by atoms with van der Waals surface area (Å²) in [5.41, 5.74) is 2.86. The summed E-state index contributed by atoms with van der Waals surface area (Å²) in [5, 5.41) is 9.76. The second-order valence-electron chi connectivity index (χ2n) is 9.42. The van der Waals surface area contributed by atoms with Crippen molar-refractivity contribution < 1.29 is 14.6 Å². The van der Waals surface area contributed by atoms with E-state index < -0.39 is 6.10 Å². The van der Waals surface area contributed by atoms with Crippen molar-refractivity contribution in [3.05, 3.63) is 59.7 Å². The maximum Gasteiger partial charge on any atom is 0.119 e. The van der Waals surface area contributed by atoms with Crippen LogP contribution in [-0.4, -0.2) is 24.9 Å². The molecular weight excluding hydrogens is 372 g/mol. The number of hydrogen-bond acceptors (Lipinski definition) is 3. The van der Waals surface area contributed by atoms with Crippen LogP contribution in [0.2, 0.25) is 0 Å². The van der Waals surface area contributed by atoms with E-state index in [2.05, 4.69) is 69.3 Å². The average Bonchev–Trinajstić information content (AvgIpc) is 2.78. The molecular formula is C27H38O3. The van der Waals surface area contributed by atoms with Crippen LogP contribution in [0.3, 0.4) is 0 Å². The molecule has 0 bridgehead atoms. The Kier molecular flexibility index (Phi) is 7.46. The maximum atomic E-state index is 9.76. The molecule has 4 atom stereocenters. The van der Waals surface area contributed by atoms with Crippen LogP contribution >= 0.6 is 0 Å². The van der Waals surface area contributed by atoms with Crippen LogP contribution in [0, 0.1) is 11.8 Å². The van der Waals surface area contributed by atoms with E-state index in [0.29, 0.717) is 24.9 Å². The Bertz CT molecular complexity index is 781. The maximum absolute atomic E-state index is 9.76. The van der Waals surface area contributed by atoms with E-state index in [1.165, 1.54) is 30.4 Å². The zero-order chi connectivity index (χ0) is 21.7. The van der Waals surface area contributed by atoms with E-state index >= 15 is 0 Å². The van der Waals surface area contributed by atoms with Gasteiger partial charge in [-0.25, -0.2) is 0 Å². The molecule has 3 heteroatoms. The molecule has 4 unspecified atom stereocenters. The van der Waals surface area contributed by atoms with E-state index in [9.17, 15) is 5.11 Å². The first-order valence-corrected chi connectivity index (χ1v) is 11.4. The molecule has 2 aromatic carbocycles. The van der Waals surface area contributed by atoms with Gasteiger partial charge in [0.05, 0.1) is 13.2 Å². The summed E-state index contributed by atoms with van der Waals surface area (Å²) in [4.78, 5) is 0. The van der Waals surface area contributed by atoms with Crippen molar-refractivity contribution in [2.75, 3.05) is 13.7 Å². The van der Waals surface area contributed by atoms with Crippen LogP contribution in [0.4, 0.5) is 0 Å². The third-order valence-corrected chi connectivity index (χ3v) is 7.23. The van der Waals surface area contributed by atoms with E-state index in [1.54, 1.807) is 7.11 Å². The van der Waals surface area contributed by atoms with Crippen molar-refractivity contribution in [3.63, 3.8) is 0 Å². The van der Waals surface area contributed by atoms with Gasteiger partial charge in [0, 0.05) is 0 Å². The van der Waals surface area contributed by atoms with Gasteiger partial charge in [0.2, 0.25) is 0 Å². The van der Waals surface area contributed by atoms with Gasteiger partial charge in [-0.3, -0.25) is 0 Å². The van der Waals surface area contributed by atoms with E-state index in [1.807, 2.05) is 6.92 Å². The Morgan fingerprint density at radius 1 is 1.03 bits per heavy atom. The molecule has 1 N–H and O–H groups in total. The number of methoxy groups -OCH3 is 1. The van der Waals surface area contributed by atoms with Crippen molar-refractivity contribution >= 4 is 0 Å². The van der Waals surface area contributed by atoms with Crippen molar-refractivity contribution in [1.29, 1.82) is 0 Å². The van der Waals surface area contributed by atoms with Gasteiger partial charge < -0.3 is 14.6 Å². The van der Waals surface area contributed by atoms with Gasteiger partial charge >= 0.3 is 0 Å². The average molecular weight is 411 g/mol. The summed E-state index contributed by atoms with van der Waals surface area (Å²) in [6.45, 7) is 9.45. The molecule has 0 heterocycles. The number of aliphatic hydroxyl groups is 1. The quantitative estimate of drug-likeness (QED) is 0.552. The summed E-state index contributed by atoms with van der Waals surface area (Å²) in [6.07, 6.45) is 3.96. The summed E-state index contributed by atoms with van der Waals surface area (Å²) >= 11 is 0. The van der Waals surface area contributed by atoms with Gasteiger partial charge in [-0.2, -0.15) is 0 Å². The highest BCUT2D eigenvalue weighted by Gasteiger charge is 2.42. The highest BCUT2D eigenvalue weighted by molar-refractivity contribution is 5.39. The molecule has 1 fully saturated rings. The largest absolute Gasteiger partial charge is 0.497 e. The number of benzene rings is 2. The summed E-state index contributed by atoms with van der Waals surface area (Å²) in [6, 6.07) is 17.2. The minimum atomic E-state index is -0.409. The molecule has 2 aromatic rings. The molecule has 1 aliphatic carbocycles. The smallest absolute Gasteiger partial charge is 0.119 e. The van der Waals surface area contributed by atoms with E-state index in [0.717, 1.165) is 17.4 Å². The summed E-state index contributed by atoms with van der Waals surface area (Å²) in [5.74, 6) is 3.64. The van der Waals surface area contributed by atoms with Crippen molar-refractivity contribution in [2.24, 2.45) is 11.8 Å². The zero-order valence-corrected chi connectivity index (χ0v) is 19.2. The van der Waals surface area contributed by atoms with Crippen LogP contribution < -0.4 is 9.47 Å². The predicted molar refractivity (Wildman–Crippen MR) is 124 cm³/mol. The molecule has 30 heavy (non-hydrogen) atoms. The van der Waals surface area contributed by atoms with Gasteiger partial charge in [-0.15, -0.1) is 0 Å². The van der Waals surface area contributed by atoms with Crippen LogP contribution in [0.15, 0.2) is 48.5 Å². The van der Waals surface area contributed by atoms with Crippen LogP contribution in [0.5, 0.6) is 11.5 Å². The molecule has 0 aromatic heterocycles. The summed E-state index contributed by atoms with van der Waals surface area (Å²) < 4.78 is 11.1. The standard InChI is InChI=1S/C27H38O3/c1-6-23(28)18-30-25-11-7-20(8-12-25)26-17-21(19(2)3)15-16-27(26,4)22-9-13-24(29-5)14-10-22/h7-14,19,21,23,26,28H,6,15-18H2,1-5H3. The topological polar surface area (TPSA) is 38.7 Å². The third kappa shape index (κ3) is 5.00. The fourth-order valence-corrected chi connectivity index (χ4v) is 4.87. The lowest BCUT2D eigenvalue weighted by Gasteiger charge is -2.46. The highest BCUT2D eigenvalue weighted by atomic mass is 16.5. The van der Waals surface area contributed by atoms with Crippen LogP contribution in [-0.2, 0) is 5.41 Å². The number of rotatable bonds is 8. The second-order valence-corrected chi connectivity index (χ2v) is 9.42. The van der Waals surface area contributed by atoms with Gasteiger partial charge in [0.25, 0.3) is 0 Å². The Balaban J connectivity index is 1.87. The van der Waals surface area contributed by atoms with Crippen LogP contribution in [0.1, 0.15) is 70.4 Å². The lowest BCUT2D eigenvalue weighted by molar-refractivity contribution is 0.104. The lowest BCUT2D eigenvalue weighted by Crippen LogP contribution is -2.37. The van der Waals surface area contributed by atoms with Crippen LogP contribution in [0.25, 0.3) is 0 Å². The molecule has 0 radical (unpaired) electrons.